The first-order valence-corrected chi connectivity index (χ1v) is 15.4. The molecule has 0 unspecified atom stereocenters. The van der Waals surface area contributed by atoms with Gasteiger partial charge in [-0.25, -0.2) is 0 Å². The van der Waals surface area contributed by atoms with E-state index < -0.39 is 0 Å². The number of aromatic amines is 1. The zero-order valence-corrected chi connectivity index (χ0v) is 25.6. The lowest BCUT2D eigenvalue weighted by Gasteiger charge is -2.31. The van der Waals surface area contributed by atoms with E-state index in [9.17, 15) is 0 Å². The van der Waals surface area contributed by atoms with Gasteiger partial charge in [0.05, 0.1) is 0 Å². The Bertz CT molecular complexity index is 1220. The summed E-state index contributed by atoms with van der Waals surface area (Å²) >= 11 is 0. The van der Waals surface area contributed by atoms with Crippen LogP contribution in [-0.2, 0) is 19.3 Å². The molecule has 0 spiro atoms. The maximum atomic E-state index is 3.40. The van der Waals surface area contributed by atoms with Gasteiger partial charge in [0.25, 0.3) is 0 Å². The first-order valence-electron chi connectivity index (χ1n) is 15.4. The van der Waals surface area contributed by atoms with Gasteiger partial charge in [-0.2, -0.15) is 0 Å². The smallest absolute Gasteiger partial charge is 0.0456 e. The van der Waals surface area contributed by atoms with E-state index in [1.54, 1.807) is 0 Å². The van der Waals surface area contributed by atoms with Crippen molar-refractivity contribution in [2.24, 2.45) is 5.92 Å². The van der Waals surface area contributed by atoms with E-state index in [-0.39, 0.29) is 0 Å². The lowest BCUT2D eigenvalue weighted by molar-refractivity contribution is 0.372. The molecule has 4 aromatic rings. The summed E-state index contributed by atoms with van der Waals surface area (Å²) in [7, 11) is 3.75. The third kappa shape index (κ3) is 9.53. The molecule has 3 aromatic carbocycles. The van der Waals surface area contributed by atoms with Gasteiger partial charge in [0.2, 0.25) is 0 Å². The zero-order chi connectivity index (χ0) is 28.6. The van der Waals surface area contributed by atoms with Gasteiger partial charge in [0.15, 0.2) is 0 Å². The van der Waals surface area contributed by atoms with Gasteiger partial charge in [-0.1, -0.05) is 80.1 Å². The van der Waals surface area contributed by atoms with E-state index in [0.29, 0.717) is 0 Å². The summed E-state index contributed by atoms with van der Waals surface area (Å²) < 4.78 is 0. The first kappa shape index (κ1) is 31.4. The first-order chi connectivity index (χ1) is 19.7. The molecular weight excluding hydrogens is 488 g/mol. The van der Waals surface area contributed by atoms with Crippen molar-refractivity contribution in [3.05, 3.63) is 101 Å². The van der Waals surface area contributed by atoms with Crippen molar-refractivity contribution in [2.45, 2.75) is 59.3 Å². The number of hydrogen-bond donors (Lipinski definition) is 3. The summed E-state index contributed by atoms with van der Waals surface area (Å²) in [6, 6.07) is 26.3. The highest BCUT2D eigenvalue weighted by Gasteiger charge is 2.17. The maximum absolute atomic E-state index is 3.40. The Morgan fingerprint density at radius 1 is 0.900 bits per heavy atom. The number of H-pyrrole nitrogens is 1. The molecule has 2 aliphatic heterocycles. The normalized spacial score (nSPS) is 14.6. The van der Waals surface area contributed by atoms with Crippen LogP contribution in [0, 0.1) is 12.8 Å². The Morgan fingerprint density at radius 3 is 2.35 bits per heavy atom. The van der Waals surface area contributed by atoms with Crippen molar-refractivity contribution in [2.75, 3.05) is 45.2 Å². The summed E-state index contributed by atoms with van der Waals surface area (Å²) in [6.07, 6.45) is 9.71. The number of fused-ring (bicyclic) bond motifs is 2. The minimum absolute atomic E-state index is 0.906. The molecule has 4 nitrogen and oxygen atoms in total. The van der Waals surface area contributed by atoms with Crippen molar-refractivity contribution >= 4 is 16.6 Å². The average molecular weight is 541 g/mol. The van der Waals surface area contributed by atoms with Gasteiger partial charge in [-0.15, -0.1) is 0 Å². The minimum atomic E-state index is 0.906. The van der Waals surface area contributed by atoms with Crippen molar-refractivity contribution < 1.29 is 0 Å². The maximum Gasteiger partial charge on any atom is 0.0456 e. The average Bonchev–Trinajstić information content (AvgIpc) is 3.42. The molecule has 0 bridgehead atoms. The Labute approximate surface area is 243 Å². The van der Waals surface area contributed by atoms with Gasteiger partial charge in [0, 0.05) is 35.9 Å². The van der Waals surface area contributed by atoms with Crippen molar-refractivity contribution in [1.82, 2.24) is 15.6 Å². The van der Waals surface area contributed by atoms with Crippen LogP contribution in [0.25, 0.3) is 10.9 Å². The molecule has 40 heavy (non-hydrogen) atoms. The van der Waals surface area contributed by atoms with Crippen LogP contribution in [0.2, 0.25) is 0 Å². The number of para-hydroxylation sites is 1. The number of piperidine rings is 1. The van der Waals surface area contributed by atoms with E-state index in [1.807, 2.05) is 27.9 Å². The highest BCUT2D eigenvalue weighted by atomic mass is 15.1. The number of benzene rings is 3. The molecule has 216 valence electrons. The fourth-order valence-corrected chi connectivity index (χ4v) is 5.66. The van der Waals surface area contributed by atoms with Crippen molar-refractivity contribution in [3.8, 4) is 0 Å². The predicted molar refractivity (Wildman–Crippen MR) is 176 cm³/mol. The second-order valence-corrected chi connectivity index (χ2v) is 10.7. The highest BCUT2D eigenvalue weighted by Crippen LogP contribution is 2.28. The molecule has 0 atom stereocenters. The SMILES string of the molecule is CC.CNC.Cc1ccc2c(c1)CCCN2CCc1c[nH]c2ccccc12.c1ccc(CC2CCNCC2)cc1. The van der Waals surface area contributed by atoms with Gasteiger partial charge >= 0.3 is 0 Å². The second-order valence-electron chi connectivity index (χ2n) is 10.7. The number of aromatic nitrogens is 1. The van der Waals surface area contributed by atoms with Crippen LogP contribution in [0.15, 0.2) is 79.0 Å². The Kier molecular flexibility index (Phi) is 13.8. The molecule has 0 radical (unpaired) electrons. The van der Waals surface area contributed by atoms with Crippen LogP contribution in [0.4, 0.5) is 5.69 Å². The molecule has 3 N–H and O–H groups in total. The van der Waals surface area contributed by atoms with Crippen molar-refractivity contribution in [1.29, 1.82) is 0 Å². The molecule has 0 aliphatic carbocycles. The summed E-state index contributed by atoms with van der Waals surface area (Å²) in [4.78, 5) is 5.94. The molecule has 0 saturated carbocycles. The second kappa shape index (κ2) is 17.6. The van der Waals surface area contributed by atoms with Crippen LogP contribution in [0.1, 0.15) is 55.4 Å². The molecular formula is C36H52N4. The summed E-state index contributed by atoms with van der Waals surface area (Å²) in [5.41, 5.74) is 8.50. The van der Waals surface area contributed by atoms with E-state index in [4.69, 9.17) is 0 Å². The molecule has 3 heterocycles. The van der Waals surface area contributed by atoms with Gasteiger partial charge in [-0.05, 0) is 107 Å². The number of nitrogens with zero attached hydrogens (tertiary/aromatic N) is 1. The molecule has 4 heteroatoms. The monoisotopic (exact) mass is 540 g/mol. The predicted octanol–water partition coefficient (Wildman–Crippen LogP) is 7.56. The molecule has 0 amide bonds. The van der Waals surface area contributed by atoms with Gasteiger partial charge in [-0.3, -0.25) is 0 Å². The standard InChI is InChI=1S/C20H22N2.C12H17N.C2H7N.C2H6/c1-15-8-9-20-16(13-15)5-4-11-22(20)12-10-17-14-21-19-7-3-2-6-18(17)19;1-2-4-11(5-3-1)10-12-6-8-13-9-7-12;1-3-2;1-2/h2-3,6-9,13-14,21H,4-5,10-12H2,1H3;1-5,12-13H,6-10H2;3H,1-2H3;1-2H3. The molecule has 2 aliphatic rings. The topological polar surface area (TPSA) is 43.1 Å². The summed E-state index contributed by atoms with van der Waals surface area (Å²) in [6.45, 7) is 10.9. The Hall–Kier alpha value is -3.08. The zero-order valence-electron chi connectivity index (χ0n) is 25.6. The third-order valence-corrected chi connectivity index (χ3v) is 7.60. The van der Waals surface area contributed by atoms with Crippen LogP contribution >= 0.6 is 0 Å². The van der Waals surface area contributed by atoms with E-state index in [2.05, 4.69) is 106 Å². The highest BCUT2D eigenvalue weighted by molar-refractivity contribution is 5.83. The molecule has 1 fully saturated rings. The van der Waals surface area contributed by atoms with E-state index in [0.717, 1.165) is 18.9 Å². The Balaban J connectivity index is 0.000000209. The van der Waals surface area contributed by atoms with Gasteiger partial charge < -0.3 is 20.5 Å². The minimum Gasteiger partial charge on any atom is -0.371 e. The van der Waals surface area contributed by atoms with Crippen LogP contribution in [0.3, 0.4) is 0 Å². The number of aryl methyl sites for hydroxylation is 2. The van der Waals surface area contributed by atoms with Crippen LogP contribution in [-0.4, -0.2) is 45.3 Å². The number of anilines is 1. The quantitative estimate of drug-likeness (QED) is 0.245. The molecule has 1 saturated heterocycles. The lowest BCUT2D eigenvalue weighted by atomic mass is 9.91. The lowest BCUT2D eigenvalue weighted by Crippen LogP contribution is -2.31. The van der Waals surface area contributed by atoms with Gasteiger partial charge in [0.1, 0.15) is 0 Å². The fraction of sp³-hybridized carbons (Fsp3) is 0.444. The van der Waals surface area contributed by atoms with E-state index in [1.165, 1.54) is 90.6 Å². The Morgan fingerprint density at radius 2 is 1.60 bits per heavy atom. The van der Waals surface area contributed by atoms with Crippen LogP contribution < -0.4 is 15.5 Å². The number of hydrogen-bond acceptors (Lipinski definition) is 3. The summed E-state index contributed by atoms with van der Waals surface area (Å²) in [5.74, 6) is 0.906. The fourth-order valence-electron chi connectivity index (χ4n) is 5.66. The van der Waals surface area contributed by atoms with Crippen molar-refractivity contribution in [3.63, 3.8) is 0 Å². The third-order valence-electron chi connectivity index (χ3n) is 7.60. The van der Waals surface area contributed by atoms with Crippen LogP contribution in [0.5, 0.6) is 0 Å². The molecule has 1 aromatic heterocycles. The van der Waals surface area contributed by atoms with E-state index >= 15 is 0 Å². The largest absolute Gasteiger partial charge is 0.371 e. The number of rotatable bonds is 5. The molecule has 6 rings (SSSR count). The number of nitrogens with one attached hydrogen (secondary N) is 3. The summed E-state index contributed by atoms with van der Waals surface area (Å²) in [5, 5.41) is 7.51.